The Morgan fingerprint density at radius 3 is 2.55 bits per heavy atom. The Morgan fingerprint density at radius 1 is 1.24 bits per heavy atom. The van der Waals surface area contributed by atoms with E-state index in [1.54, 1.807) is 51.1 Å². The molecule has 2 aliphatic heterocycles. The number of aliphatic carboxylic acids is 1. The molecule has 0 bridgehead atoms. The molecule has 3 atom stereocenters. The van der Waals surface area contributed by atoms with Crippen molar-refractivity contribution in [3.8, 4) is 0 Å². The lowest BCUT2D eigenvalue weighted by atomic mass is 10.0. The molecule has 1 saturated heterocycles. The second-order valence-electron chi connectivity index (χ2n) is 10.1. The molecule has 4 N–H and O–H groups in total. The van der Waals surface area contributed by atoms with Gasteiger partial charge in [-0.05, 0) is 31.9 Å². The number of alkyl carbamates (subject to hydrolysis) is 1. The summed E-state index contributed by atoms with van der Waals surface area (Å²) >= 11 is 2.17. The van der Waals surface area contributed by atoms with Gasteiger partial charge in [-0.3, -0.25) is 19.0 Å². The monoisotopic (exact) mass is 641 g/mol. The van der Waals surface area contributed by atoms with E-state index in [-0.39, 0.29) is 28.3 Å². The van der Waals surface area contributed by atoms with Crippen LogP contribution in [0.25, 0.3) is 0 Å². The number of thioether (sulfide) groups is 2. The van der Waals surface area contributed by atoms with E-state index in [4.69, 9.17) is 13.7 Å². The quantitative estimate of drug-likeness (QED) is 0.164. The largest absolute Gasteiger partial charge is 0.477 e. The number of β-lactam (4-membered cyclic amide) rings is 1. The number of amides is 3. The molecule has 1 aromatic carbocycles. The van der Waals surface area contributed by atoms with Crippen LogP contribution in [-0.4, -0.2) is 85.6 Å². The Hall–Kier alpha value is -3.61. The number of hydrogen-bond donors (Lipinski definition) is 4. The Bertz CT molecular complexity index is 1520. The first kappa shape index (κ1) is 31.3. The number of benzene rings is 1. The van der Waals surface area contributed by atoms with Crippen molar-refractivity contribution in [1.82, 2.24) is 25.7 Å². The third kappa shape index (κ3) is 7.61. The second kappa shape index (κ2) is 12.3. The molecule has 1 fully saturated rings. The van der Waals surface area contributed by atoms with Gasteiger partial charge in [-0.1, -0.05) is 42.1 Å². The standard InChI is InChI=1S/C24H27N5O10S3/c1-24(2,3)39-22(34)26-15(12-7-5-4-6-8-12)18(30)25-16-19(31)29-17(21(32)33)13(9-40-20(16)29)10-41-23-28-27-14(38-23)11-42(35,36)37/h4-8,15-16,20H,9-11H2,1-3H3,(H,25,30)(H,26,34)(H,32,33)(H,35,36,37)/t15-,16?,20-/m1/s1. The van der Waals surface area contributed by atoms with Crippen molar-refractivity contribution in [1.29, 1.82) is 0 Å². The van der Waals surface area contributed by atoms with Crippen molar-refractivity contribution in [3.63, 3.8) is 0 Å². The number of rotatable bonds is 10. The lowest BCUT2D eigenvalue weighted by Crippen LogP contribution is -2.71. The number of carbonyl (C=O) groups excluding carboxylic acids is 3. The third-order valence-corrected chi connectivity index (χ3v) is 8.58. The zero-order valence-corrected chi connectivity index (χ0v) is 24.9. The van der Waals surface area contributed by atoms with E-state index in [1.165, 1.54) is 11.8 Å². The summed E-state index contributed by atoms with van der Waals surface area (Å²) in [5, 5.41) is 21.5. The first-order chi connectivity index (χ1) is 19.6. The van der Waals surface area contributed by atoms with Gasteiger partial charge >= 0.3 is 12.1 Å². The fourth-order valence-electron chi connectivity index (χ4n) is 4.06. The van der Waals surface area contributed by atoms with E-state index in [1.807, 2.05) is 0 Å². The minimum absolute atomic E-state index is 0.0333. The molecule has 3 amide bonds. The molecule has 1 aromatic heterocycles. The molecular formula is C24H27N5O10S3. The van der Waals surface area contributed by atoms with Gasteiger partial charge in [0, 0.05) is 11.5 Å². The maximum atomic E-state index is 13.3. The van der Waals surface area contributed by atoms with E-state index in [9.17, 15) is 32.7 Å². The summed E-state index contributed by atoms with van der Waals surface area (Å²) < 4.78 is 41.3. The van der Waals surface area contributed by atoms with Crippen molar-refractivity contribution in [3.05, 3.63) is 53.1 Å². The lowest BCUT2D eigenvalue weighted by molar-refractivity contribution is -0.151. The number of carboxylic acids is 1. The van der Waals surface area contributed by atoms with Crippen LogP contribution in [0.1, 0.15) is 38.3 Å². The summed E-state index contributed by atoms with van der Waals surface area (Å²) in [6, 6.07) is 6.16. The summed E-state index contributed by atoms with van der Waals surface area (Å²) in [5.41, 5.74) is -0.236. The van der Waals surface area contributed by atoms with Gasteiger partial charge in [-0.25, -0.2) is 9.59 Å². The summed E-state index contributed by atoms with van der Waals surface area (Å²) in [6.45, 7) is 5.03. The predicted molar refractivity (Wildman–Crippen MR) is 149 cm³/mol. The fraction of sp³-hybridized carbons (Fsp3) is 0.417. The Balaban J connectivity index is 1.46. The highest BCUT2D eigenvalue weighted by Crippen LogP contribution is 2.41. The number of fused-ring (bicyclic) bond motifs is 1. The maximum Gasteiger partial charge on any atom is 0.408 e. The Labute approximate surface area is 248 Å². The molecule has 42 heavy (non-hydrogen) atoms. The zero-order valence-electron chi connectivity index (χ0n) is 22.5. The summed E-state index contributed by atoms with van der Waals surface area (Å²) in [7, 11) is -4.38. The van der Waals surface area contributed by atoms with E-state index >= 15 is 0 Å². The summed E-state index contributed by atoms with van der Waals surface area (Å²) in [4.78, 5) is 52.2. The minimum Gasteiger partial charge on any atom is -0.477 e. The van der Waals surface area contributed by atoms with E-state index in [0.29, 0.717) is 11.1 Å². The minimum atomic E-state index is -4.38. The number of nitrogens with zero attached hydrogens (tertiary/aromatic N) is 3. The van der Waals surface area contributed by atoms with Gasteiger partial charge in [0.25, 0.3) is 21.2 Å². The van der Waals surface area contributed by atoms with Gasteiger partial charge in [-0.2, -0.15) is 8.42 Å². The number of aromatic nitrogens is 2. The van der Waals surface area contributed by atoms with E-state index in [2.05, 4.69) is 20.8 Å². The molecule has 1 unspecified atom stereocenters. The molecule has 0 radical (unpaired) electrons. The van der Waals surface area contributed by atoms with Crippen molar-refractivity contribution in [2.75, 3.05) is 11.5 Å². The summed E-state index contributed by atoms with van der Waals surface area (Å²) in [6.07, 6.45) is -0.829. The Kier molecular flexibility index (Phi) is 9.19. The van der Waals surface area contributed by atoms with Gasteiger partial charge in [0.1, 0.15) is 28.8 Å². The molecule has 4 rings (SSSR count). The number of carbonyl (C=O) groups is 4. The normalized spacial score (nSPS) is 19.4. The van der Waals surface area contributed by atoms with Crippen molar-refractivity contribution in [2.24, 2.45) is 0 Å². The van der Waals surface area contributed by atoms with Gasteiger partial charge in [-0.15, -0.1) is 22.0 Å². The maximum absolute atomic E-state index is 13.3. The van der Waals surface area contributed by atoms with Crippen LogP contribution in [0.2, 0.25) is 0 Å². The summed E-state index contributed by atoms with van der Waals surface area (Å²) in [5.74, 6) is -3.64. The number of nitrogens with one attached hydrogen (secondary N) is 2. The predicted octanol–water partition coefficient (Wildman–Crippen LogP) is 1.55. The Morgan fingerprint density at radius 2 is 1.93 bits per heavy atom. The molecule has 18 heteroatoms. The number of ether oxygens (including phenoxy) is 1. The van der Waals surface area contributed by atoms with Crippen LogP contribution in [0.5, 0.6) is 0 Å². The highest BCUT2D eigenvalue weighted by Gasteiger charge is 2.54. The van der Waals surface area contributed by atoms with Gasteiger partial charge in [0.2, 0.25) is 11.8 Å². The van der Waals surface area contributed by atoms with Crippen LogP contribution >= 0.6 is 23.5 Å². The molecule has 0 saturated carbocycles. The average Bonchev–Trinajstić information content (AvgIpc) is 3.33. The first-order valence-corrected chi connectivity index (χ1v) is 15.9. The van der Waals surface area contributed by atoms with Crippen LogP contribution < -0.4 is 10.6 Å². The van der Waals surface area contributed by atoms with E-state index in [0.717, 1.165) is 16.7 Å². The van der Waals surface area contributed by atoms with Gasteiger partial charge in [0.05, 0.1) is 0 Å². The smallest absolute Gasteiger partial charge is 0.408 e. The van der Waals surface area contributed by atoms with E-state index < -0.39 is 62.8 Å². The van der Waals surface area contributed by atoms with Crippen LogP contribution in [0.15, 0.2) is 51.2 Å². The highest BCUT2D eigenvalue weighted by molar-refractivity contribution is 8.01. The molecule has 15 nitrogen and oxygen atoms in total. The topological polar surface area (TPSA) is 218 Å². The molecule has 0 aliphatic carbocycles. The van der Waals surface area contributed by atoms with Crippen LogP contribution in [0, 0.1) is 0 Å². The van der Waals surface area contributed by atoms with Crippen LogP contribution in [-0.2, 0) is 35.0 Å². The fourth-order valence-corrected chi connectivity index (χ4v) is 6.76. The van der Waals surface area contributed by atoms with Crippen LogP contribution in [0.4, 0.5) is 4.79 Å². The van der Waals surface area contributed by atoms with Gasteiger partial charge in [0.15, 0.2) is 5.75 Å². The average molecular weight is 642 g/mol. The second-order valence-corrected chi connectivity index (χ2v) is 13.6. The molecule has 2 aromatic rings. The first-order valence-electron chi connectivity index (χ1n) is 12.3. The molecule has 2 aliphatic rings. The van der Waals surface area contributed by atoms with Crippen molar-refractivity contribution >= 4 is 57.5 Å². The van der Waals surface area contributed by atoms with Gasteiger partial charge < -0.3 is 24.9 Å². The van der Waals surface area contributed by atoms with Crippen molar-refractivity contribution in [2.45, 2.75) is 54.8 Å². The third-order valence-electron chi connectivity index (χ3n) is 5.73. The lowest BCUT2D eigenvalue weighted by Gasteiger charge is -2.49. The molecule has 226 valence electrons. The molecule has 3 heterocycles. The SMILES string of the molecule is CC(C)(C)OC(=O)N[C@@H](C(=O)NC1C(=O)N2C(C(=O)O)=C(CSc3nnc(CS(=O)(=O)O)o3)CS[C@H]12)c1ccccc1. The molecular weight excluding hydrogens is 614 g/mol. The van der Waals surface area contributed by atoms with Crippen LogP contribution in [0.3, 0.4) is 0 Å². The highest BCUT2D eigenvalue weighted by atomic mass is 32.2. The van der Waals surface area contributed by atoms with Crippen molar-refractivity contribution < 1.29 is 46.4 Å². The number of hydrogen-bond acceptors (Lipinski definition) is 12. The number of carboxylic acid groups (broad SMARTS) is 1. The molecule has 0 spiro atoms. The zero-order chi connectivity index (χ0) is 30.8.